The highest BCUT2D eigenvalue weighted by atomic mass is 16.5. The molecule has 22 heavy (non-hydrogen) atoms. The molecule has 0 aliphatic heterocycles. The van der Waals surface area contributed by atoms with Gasteiger partial charge in [0, 0.05) is 12.6 Å². The van der Waals surface area contributed by atoms with Gasteiger partial charge in [-0.05, 0) is 24.6 Å². The van der Waals surface area contributed by atoms with E-state index in [2.05, 4.69) is 10.6 Å². The van der Waals surface area contributed by atoms with E-state index in [4.69, 9.17) is 9.47 Å². The Hall–Kier alpha value is -2.28. The molecule has 3 N–H and O–H groups in total. The van der Waals surface area contributed by atoms with Crippen molar-refractivity contribution in [2.45, 2.75) is 13.5 Å². The van der Waals surface area contributed by atoms with Crippen molar-refractivity contribution in [2.75, 3.05) is 34.9 Å². The lowest BCUT2D eigenvalue weighted by atomic mass is 10.1. The Morgan fingerprint density at radius 1 is 1.18 bits per heavy atom. The average Bonchev–Trinajstić information content (AvgIpc) is 2.48. The number of hydrogen-bond donors (Lipinski definition) is 3. The Kier molecular flexibility index (Phi) is 6.65. The van der Waals surface area contributed by atoms with E-state index in [1.165, 1.54) is 7.05 Å². The number of benzene rings is 1. The van der Waals surface area contributed by atoms with Gasteiger partial charge in [0.15, 0.2) is 18.0 Å². The molecule has 1 unspecified atom stereocenters. The van der Waals surface area contributed by atoms with Crippen LogP contribution in [0.1, 0.15) is 11.1 Å². The van der Waals surface area contributed by atoms with Crippen LogP contribution in [0, 0.1) is 6.92 Å². The Morgan fingerprint density at radius 3 is 2.32 bits per heavy atom. The van der Waals surface area contributed by atoms with Gasteiger partial charge in [0.2, 0.25) is 0 Å². The first-order valence-corrected chi connectivity index (χ1v) is 6.95. The van der Waals surface area contributed by atoms with Crippen molar-refractivity contribution < 1.29 is 24.0 Å². The zero-order valence-electron chi connectivity index (χ0n) is 13.7. The maximum absolute atomic E-state index is 11.7. The van der Waals surface area contributed by atoms with E-state index in [-0.39, 0.29) is 12.5 Å². The SMILES string of the molecule is CNC(=O)NC(=O)C[NH+](C)Cc1cc(OC)c(OC)cc1C. The van der Waals surface area contributed by atoms with Gasteiger partial charge < -0.3 is 19.7 Å². The van der Waals surface area contributed by atoms with Gasteiger partial charge in [-0.2, -0.15) is 0 Å². The van der Waals surface area contributed by atoms with E-state index in [1.807, 2.05) is 26.1 Å². The summed E-state index contributed by atoms with van der Waals surface area (Å²) in [5.41, 5.74) is 2.12. The van der Waals surface area contributed by atoms with Gasteiger partial charge in [0.1, 0.15) is 6.54 Å². The van der Waals surface area contributed by atoms with Crippen molar-refractivity contribution in [3.05, 3.63) is 23.3 Å². The van der Waals surface area contributed by atoms with Gasteiger partial charge in [-0.1, -0.05) is 0 Å². The van der Waals surface area contributed by atoms with Crippen molar-refractivity contribution in [3.8, 4) is 11.5 Å². The molecule has 0 saturated heterocycles. The van der Waals surface area contributed by atoms with E-state index >= 15 is 0 Å². The van der Waals surface area contributed by atoms with Crippen molar-refractivity contribution in [1.82, 2.24) is 10.6 Å². The van der Waals surface area contributed by atoms with Crippen LogP contribution in [-0.2, 0) is 11.3 Å². The summed E-state index contributed by atoms with van der Waals surface area (Å²) in [6.07, 6.45) is 0. The van der Waals surface area contributed by atoms with Gasteiger partial charge in [-0.15, -0.1) is 0 Å². The molecule has 0 saturated carbocycles. The Labute approximate surface area is 130 Å². The van der Waals surface area contributed by atoms with Gasteiger partial charge >= 0.3 is 6.03 Å². The number of likely N-dealkylation sites (N-methyl/N-ethyl adjacent to an activating group) is 1. The van der Waals surface area contributed by atoms with E-state index < -0.39 is 6.03 Å². The Morgan fingerprint density at radius 2 is 1.77 bits per heavy atom. The molecule has 1 rings (SSSR count). The second-order valence-corrected chi connectivity index (χ2v) is 5.07. The smallest absolute Gasteiger partial charge is 0.321 e. The highest BCUT2D eigenvalue weighted by molar-refractivity contribution is 5.94. The van der Waals surface area contributed by atoms with Gasteiger partial charge in [-0.3, -0.25) is 10.1 Å². The number of nitrogens with one attached hydrogen (secondary N) is 3. The van der Waals surface area contributed by atoms with Crippen LogP contribution in [0.2, 0.25) is 0 Å². The minimum Gasteiger partial charge on any atom is -0.493 e. The molecule has 0 spiro atoms. The second-order valence-electron chi connectivity index (χ2n) is 5.07. The fourth-order valence-electron chi connectivity index (χ4n) is 2.11. The number of methoxy groups -OCH3 is 2. The van der Waals surface area contributed by atoms with Crippen LogP contribution in [0.15, 0.2) is 12.1 Å². The lowest BCUT2D eigenvalue weighted by Gasteiger charge is -2.17. The third-order valence-electron chi connectivity index (χ3n) is 3.28. The normalized spacial score (nSPS) is 11.5. The second kappa shape index (κ2) is 8.23. The fraction of sp³-hybridized carbons (Fsp3) is 0.467. The molecule has 3 amide bonds. The zero-order valence-corrected chi connectivity index (χ0v) is 13.7. The lowest BCUT2D eigenvalue weighted by molar-refractivity contribution is -0.885. The number of aryl methyl sites for hydroxylation is 1. The quantitative estimate of drug-likeness (QED) is 0.661. The molecule has 0 aromatic heterocycles. The number of amides is 3. The maximum Gasteiger partial charge on any atom is 0.321 e. The zero-order chi connectivity index (χ0) is 16.7. The minimum atomic E-state index is -0.500. The first-order valence-electron chi connectivity index (χ1n) is 6.95. The van der Waals surface area contributed by atoms with Gasteiger partial charge in [0.25, 0.3) is 5.91 Å². The number of quaternary nitrogens is 1. The number of rotatable bonds is 6. The number of carbonyl (C=O) groups is 2. The minimum absolute atomic E-state index is 0.196. The monoisotopic (exact) mass is 310 g/mol. The van der Waals surface area contributed by atoms with E-state index in [0.717, 1.165) is 16.0 Å². The summed E-state index contributed by atoms with van der Waals surface area (Å²) in [6, 6.07) is 3.32. The summed E-state index contributed by atoms with van der Waals surface area (Å²) in [7, 11) is 6.54. The molecule has 0 radical (unpaired) electrons. The van der Waals surface area contributed by atoms with Crippen molar-refractivity contribution in [1.29, 1.82) is 0 Å². The van der Waals surface area contributed by atoms with Crippen LogP contribution in [0.25, 0.3) is 0 Å². The predicted octanol–water partition coefficient (Wildman–Crippen LogP) is -0.517. The molecular weight excluding hydrogens is 286 g/mol. The highest BCUT2D eigenvalue weighted by Gasteiger charge is 2.15. The van der Waals surface area contributed by atoms with Crippen molar-refractivity contribution in [2.24, 2.45) is 0 Å². The molecule has 1 aromatic carbocycles. The van der Waals surface area contributed by atoms with Gasteiger partial charge in [-0.25, -0.2) is 4.79 Å². The Balaban J connectivity index is 2.73. The van der Waals surface area contributed by atoms with Crippen LogP contribution in [0.5, 0.6) is 11.5 Å². The third-order valence-corrected chi connectivity index (χ3v) is 3.28. The Bertz CT molecular complexity index is 546. The average molecular weight is 310 g/mol. The molecule has 0 fully saturated rings. The predicted molar refractivity (Wildman–Crippen MR) is 82.3 cm³/mol. The summed E-state index contributed by atoms with van der Waals surface area (Å²) >= 11 is 0. The third kappa shape index (κ3) is 4.92. The molecule has 7 heteroatoms. The van der Waals surface area contributed by atoms with Crippen LogP contribution < -0.4 is 25.0 Å². The van der Waals surface area contributed by atoms with Crippen LogP contribution in [0.4, 0.5) is 4.79 Å². The molecule has 0 heterocycles. The lowest BCUT2D eigenvalue weighted by Crippen LogP contribution is -3.09. The maximum atomic E-state index is 11.7. The number of ether oxygens (including phenoxy) is 2. The molecule has 7 nitrogen and oxygen atoms in total. The summed E-state index contributed by atoms with van der Waals surface area (Å²) in [6.45, 7) is 2.81. The van der Waals surface area contributed by atoms with Crippen LogP contribution in [-0.4, -0.2) is 46.8 Å². The topological polar surface area (TPSA) is 81.1 Å². The van der Waals surface area contributed by atoms with E-state index in [0.29, 0.717) is 18.0 Å². The van der Waals surface area contributed by atoms with Gasteiger partial charge in [0.05, 0.1) is 21.3 Å². The van der Waals surface area contributed by atoms with Crippen LogP contribution in [0.3, 0.4) is 0 Å². The van der Waals surface area contributed by atoms with Crippen LogP contribution >= 0.6 is 0 Å². The molecule has 0 bridgehead atoms. The summed E-state index contributed by atoms with van der Waals surface area (Å²) in [5, 5.41) is 4.59. The molecule has 1 aromatic rings. The molecule has 0 aliphatic carbocycles. The number of urea groups is 1. The number of hydrogen-bond acceptors (Lipinski definition) is 4. The van der Waals surface area contributed by atoms with E-state index in [9.17, 15) is 9.59 Å². The summed E-state index contributed by atoms with van der Waals surface area (Å²) in [4.78, 5) is 23.7. The molecule has 122 valence electrons. The van der Waals surface area contributed by atoms with Crippen molar-refractivity contribution >= 4 is 11.9 Å². The fourth-order valence-corrected chi connectivity index (χ4v) is 2.11. The largest absolute Gasteiger partial charge is 0.493 e. The van der Waals surface area contributed by atoms with E-state index in [1.54, 1.807) is 14.2 Å². The molecule has 1 atom stereocenters. The summed E-state index contributed by atoms with van der Waals surface area (Å²) in [5.74, 6) is 1.01. The highest BCUT2D eigenvalue weighted by Crippen LogP contribution is 2.29. The molecular formula is C15H24N3O4+. The summed E-state index contributed by atoms with van der Waals surface area (Å²) < 4.78 is 10.6. The number of carbonyl (C=O) groups excluding carboxylic acids is 2. The molecule has 0 aliphatic rings. The number of imide groups is 1. The first kappa shape index (κ1) is 17.8. The first-order chi connectivity index (χ1) is 10.4. The van der Waals surface area contributed by atoms with Crippen molar-refractivity contribution in [3.63, 3.8) is 0 Å². The standard InChI is InChI=1S/C15H23N3O4/c1-10-6-12(21-4)13(22-5)7-11(10)8-18(3)9-14(19)17-15(20)16-2/h6-7H,8-9H2,1-5H3,(H2,16,17,19,20)/p+1.